The van der Waals surface area contributed by atoms with Gasteiger partial charge < -0.3 is 24.7 Å². The Morgan fingerprint density at radius 2 is 1.91 bits per heavy atom. The molecule has 8 heteroatoms. The third-order valence-electron chi connectivity index (χ3n) is 6.16. The summed E-state index contributed by atoms with van der Waals surface area (Å²) < 4.78 is 11.4. The summed E-state index contributed by atoms with van der Waals surface area (Å²) in [4.78, 5) is 21.7. The second-order valence-electron chi connectivity index (χ2n) is 8.88. The van der Waals surface area contributed by atoms with Crippen molar-refractivity contribution in [2.75, 3.05) is 37.6 Å². The lowest BCUT2D eigenvalue weighted by Gasteiger charge is -2.36. The molecule has 3 unspecified atom stereocenters. The summed E-state index contributed by atoms with van der Waals surface area (Å²) in [5.41, 5.74) is 0.969. The number of carbonyl (C=O) groups is 1. The second kappa shape index (κ2) is 10.8. The van der Waals surface area contributed by atoms with E-state index >= 15 is 0 Å². The van der Waals surface area contributed by atoms with Crippen LogP contribution in [0.25, 0.3) is 0 Å². The second-order valence-corrected chi connectivity index (χ2v) is 8.88. The molecule has 0 aliphatic carbocycles. The van der Waals surface area contributed by atoms with Crippen molar-refractivity contribution in [3.05, 3.63) is 48.0 Å². The minimum Gasteiger partial charge on any atom is -0.468 e. The minimum absolute atomic E-state index is 0.0651. The molecule has 2 aromatic heterocycles. The SMILES string of the molecule is CC1CN(c2ccc(CNC(=O)NCC(c3ccco3)N3CCCCC3)cn2)CC(C)O1. The highest BCUT2D eigenvalue weighted by Crippen LogP contribution is 2.24. The van der Waals surface area contributed by atoms with Gasteiger partial charge in [-0.2, -0.15) is 0 Å². The number of urea groups is 1. The van der Waals surface area contributed by atoms with Crippen molar-refractivity contribution in [1.82, 2.24) is 20.5 Å². The highest BCUT2D eigenvalue weighted by molar-refractivity contribution is 5.73. The summed E-state index contributed by atoms with van der Waals surface area (Å²) in [6.07, 6.45) is 7.57. The van der Waals surface area contributed by atoms with Crippen molar-refractivity contribution < 1.29 is 13.9 Å². The van der Waals surface area contributed by atoms with Gasteiger partial charge in [0.1, 0.15) is 11.6 Å². The summed E-state index contributed by atoms with van der Waals surface area (Å²) in [5.74, 6) is 1.85. The maximum Gasteiger partial charge on any atom is 0.315 e. The predicted octanol–water partition coefficient (Wildman–Crippen LogP) is 3.31. The van der Waals surface area contributed by atoms with Crippen LogP contribution in [0.2, 0.25) is 0 Å². The highest BCUT2D eigenvalue weighted by atomic mass is 16.5. The van der Waals surface area contributed by atoms with Crippen LogP contribution in [0.15, 0.2) is 41.1 Å². The lowest BCUT2D eigenvalue weighted by Crippen LogP contribution is -2.45. The number of nitrogens with zero attached hydrogens (tertiary/aromatic N) is 3. The summed E-state index contributed by atoms with van der Waals surface area (Å²) in [6, 6.07) is 7.81. The molecule has 4 heterocycles. The Labute approximate surface area is 190 Å². The first-order valence-corrected chi connectivity index (χ1v) is 11.7. The largest absolute Gasteiger partial charge is 0.468 e. The zero-order valence-corrected chi connectivity index (χ0v) is 19.1. The summed E-state index contributed by atoms with van der Waals surface area (Å²) in [7, 11) is 0. The molecular formula is C24H35N5O3. The highest BCUT2D eigenvalue weighted by Gasteiger charge is 2.25. The minimum atomic E-state index is -0.182. The molecule has 0 bridgehead atoms. The van der Waals surface area contributed by atoms with E-state index in [1.54, 1.807) is 6.26 Å². The van der Waals surface area contributed by atoms with Gasteiger partial charge in [0.05, 0.1) is 24.5 Å². The van der Waals surface area contributed by atoms with Crippen molar-refractivity contribution in [1.29, 1.82) is 0 Å². The Morgan fingerprint density at radius 1 is 1.12 bits per heavy atom. The molecule has 2 N–H and O–H groups in total. The number of rotatable bonds is 7. The van der Waals surface area contributed by atoms with Gasteiger partial charge in [0.25, 0.3) is 0 Å². The van der Waals surface area contributed by atoms with E-state index in [9.17, 15) is 4.79 Å². The first-order chi connectivity index (χ1) is 15.6. The van der Waals surface area contributed by atoms with Gasteiger partial charge in [-0.05, 0) is 63.5 Å². The number of nitrogens with one attached hydrogen (secondary N) is 2. The number of pyridine rings is 1. The molecule has 2 saturated heterocycles. The van der Waals surface area contributed by atoms with Crippen LogP contribution in [-0.4, -0.2) is 60.8 Å². The smallest absolute Gasteiger partial charge is 0.315 e. The van der Waals surface area contributed by atoms with Crippen molar-refractivity contribution in [3.8, 4) is 0 Å². The third-order valence-corrected chi connectivity index (χ3v) is 6.16. The summed E-state index contributed by atoms with van der Waals surface area (Å²) in [5, 5.41) is 5.96. The Kier molecular flexibility index (Phi) is 7.65. The molecule has 2 amide bonds. The van der Waals surface area contributed by atoms with Gasteiger partial charge in [-0.15, -0.1) is 0 Å². The number of likely N-dealkylation sites (tertiary alicyclic amines) is 1. The predicted molar refractivity (Wildman–Crippen MR) is 124 cm³/mol. The molecule has 174 valence electrons. The number of morpholine rings is 1. The normalized spacial score (nSPS) is 23.0. The van der Waals surface area contributed by atoms with Gasteiger partial charge in [0, 0.05) is 32.4 Å². The molecule has 0 radical (unpaired) electrons. The van der Waals surface area contributed by atoms with Gasteiger partial charge in [-0.1, -0.05) is 12.5 Å². The molecule has 0 saturated carbocycles. The van der Waals surface area contributed by atoms with Gasteiger partial charge in [-0.25, -0.2) is 9.78 Å². The van der Waals surface area contributed by atoms with Crippen LogP contribution in [0.4, 0.5) is 10.6 Å². The average Bonchev–Trinajstić information content (AvgIpc) is 3.33. The fourth-order valence-electron chi connectivity index (χ4n) is 4.63. The standard InChI is InChI=1S/C24H35N5O3/c1-18-16-29(17-19(2)32-18)23-9-8-20(13-25-23)14-26-24(30)27-15-21(22-7-6-12-31-22)28-10-4-3-5-11-28/h6-9,12-13,18-19,21H,3-5,10-11,14-17H2,1-2H3,(H2,26,27,30). The summed E-state index contributed by atoms with van der Waals surface area (Å²) >= 11 is 0. The number of anilines is 1. The maximum atomic E-state index is 12.4. The molecule has 32 heavy (non-hydrogen) atoms. The van der Waals surface area contributed by atoms with Crippen LogP contribution in [0.5, 0.6) is 0 Å². The molecule has 2 aromatic rings. The van der Waals surface area contributed by atoms with Crippen molar-refractivity contribution in [3.63, 3.8) is 0 Å². The lowest BCUT2D eigenvalue weighted by molar-refractivity contribution is -0.00546. The van der Waals surface area contributed by atoms with Crippen LogP contribution in [-0.2, 0) is 11.3 Å². The number of ether oxygens (including phenoxy) is 1. The van der Waals surface area contributed by atoms with Gasteiger partial charge >= 0.3 is 6.03 Å². The van der Waals surface area contributed by atoms with Crippen LogP contribution in [0, 0.1) is 0 Å². The van der Waals surface area contributed by atoms with E-state index in [-0.39, 0.29) is 24.3 Å². The van der Waals surface area contributed by atoms with Gasteiger partial charge in [0.15, 0.2) is 0 Å². The van der Waals surface area contributed by atoms with E-state index in [0.29, 0.717) is 13.1 Å². The van der Waals surface area contributed by atoms with Gasteiger partial charge in [-0.3, -0.25) is 4.90 Å². The number of aromatic nitrogens is 1. The lowest BCUT2D eigenvalue weighted by atomic mass is 10.1. The fourth-order valence-corrected chi connectivity index (χ4v) is 4.63. The first-order valence-electron chi connectivity index (χ1n) is 11.7. The van der Waals surface area contributed by atoms with Crippen LogP contribution in [0.1, 0.15) is 50.5 Å². The average molecular weight is 442 g/mol. The molecule has 2 aliphatic rings. The van der Waals surface area contributed by atoms with Crippen molar-refractivity contribution in [2.45, 2.75) is 57.9 Å². The molecule has 8 nitrogen and oxygen atoms in total. The van der Waals surface area contributed by atoms with E-state index in [1.807, 2.05) is 30.5 Å². The maximum absolute atomic E-state index is 12.4. The number of carbonyl (C=O) groups excluding carboxylic acids is 1. The molecule has 2 fully saturated rings. The monoisotopic (exact) mass is 441 g/mol. The molecule has 4 rings (SSSR count). The topological polar surface area (TPSA) is 82.9 Å². The van der Waals surface area contributed by atoms with Gasteiger partial charge in [0.2, 0.25) is 0 Å². The Morgan fingerprint density at radius 3 is 2.56 bits per heavy atom. The molecule has 2 aliphatic heterocycles. The zero-order valence-electron chi connectivity index (χ0n) is 19.1. The number of furan rings is 1. The van der Waals surface area contributed by atoms with Crippen LogP contribution >= 0.6 is 0 Å². The molecular weight excluding hydrogens is 406 g/mol. The number of hydrogen-bond donors (Lipinski definition) is 2. The van der Waals surface area contributed by atoms with Crippen molar-refractivity contribution >= 4 is 11.8 Å². The van der Waals surface area contributed by atoms with E-state index in [2.05, 4.69) is 39.3 Å². The molecule has 3 atom stereocenters. The molecule has 0 aromatic carbocycles. The number of piperidine rings is 1. The number of amides is 2. The Hall–Kier alpha value is -2.58. The summed E-state index contributed by atoms with van der Waals surface area (Å²) in [6.45, 7) is 8.87. The fraction of sp³-hybridized carbons (Fsp3) is 0.583. The first kappa shape index (κ1) is 22.6. The van der Waals surface area contributed by atoms with E-state index in [0.717, 1.165) is 43.3 Å². The van der Waals surface area contributed by atoms with E-state index in [4.69, 9.17) is 9.15 Å². The Bertz CT molecular complexity index is 826. The van der Waals surface area contributed by atoms with E-state index < -0.39 is 0 Å². The third kappa shape index (κ3) is 6.01. The quantitative estimate of drug-likeness (QED) is 0.686. The van der Waals surface area contributed by atoms with E-state index in [1.165, 1.54) is 19.3 Å². The number of hydrogen-bond acceptors (Lipinski definition) is 6. The van der Waals surface area contributed by atoms with Crippen molar-refractivity contribution in [2.24, 2.45) is 0 Å². The zero-order chi connectivity index (χ0) is 22.3. The van der Waals surface area contributed by atoms with Crippen LogP contribution < -0.4 is 15.5 Å². The Balaban J connectivity index is 1.26. The van der Waals surface area contributed by atoms with Crippen LogP contribution in [0.3, 0.4) is 0 Å². The molecule has 0 spiro atoms.